The molecule has 1 amide bonds. The lowest BCUT2D eigenvalue weighted by Gasteiger charge is -2.34. The number of likely N-dealkylation sites (N-methyl/N-ethyl adjacent to an activating group) is 1. The van der Waals surface area contributed by atoms with Crippen LogP contribution in [0.4, 0.5) is 14.7 Å². The monoisotopic (exact) mass is 607 g/mol. The third-order valence-electron chi connectivity index (χ3n) is 8.83. The van der Waals surface area contributed by atoms with Gasteiger partial charge in [0.2, 0.25) is 5.95 Å². The number of benzene rings is 4. The molecule has 6 rings (SSSR count). The maximum atomic E-state index is 13.7. The Morgan fingerprint density at radius 3 is 2.24 bits per heavy atom. The molecule has 1 aromatic heterocycles. The molecule has 1 N–H and O–H groups in total. The number of halogens is 2. The molecule has 2 heterocycles. The number of likely N-dealkylation sites (tertiary alicyclic amines) is 1. The maximum absolute atomic E-state index is 13.7. The van der Waals surface area contributed by atoms with Gasteiger partial charge in [-0.05, 0) is 85.5 Å². The van der Waals surface area contributed by atoms with Crippen LogP contribution in [0.5, 0.6) is 0 Å². The molecule has 1 atom stereocenters. The largest absolute Gasteiger partial charge is 0.353 e. The molecule has 1 unspecified atom stereocenters. The third-order valence-corrected chi connectivity index (χ3v) is 8.83. The molecule has 5 aromatic rings. The van der Waals surface area contributed by atoms with E-state index in [0.717, 1.165) is 67.0 Å². The third kappa shape index (κ3) is 7.57. The summed E-state index contributed by atoms with van der Waals surface area (Å²) in [7, 11) is 1.84. The van der Waals surface area contributed by atoms with Gasteiger partial charge in [-0.15, -0.1) is 0 Å². The van der Waals surface area contributed by atoms with E-state index in [1.165, 1.54) is 24.3 Å². The Balaban J connectivity index is 1.08. The molecule has 0 bridgehead atoms. The molecule has 8 heteroatoms. The number of piperidine rings is 1. The Hall–Kier alpha value is -4.56. The van der Waals surface area contributed by atoms with Gasteiger partial charge in [0.15, 0.2) is 0 Å². The number of anilines is 1. The molecule has 0 aliphatic carbocycles. The number of aromatic nitrogens is 2. The minimum Gasteiger partial charge on any atom is -0.353 e. The first-order valence-electron chi connectivity index (χ1n) is 15.7. The van der Waals surface area contributed by atoms with Gasteiger partial charge in [0, 0.05) is 44.2 Å². The van der Waals surface area contributed by atoms with Crippen LogP contribution < -0.4 is 5.32 Å². The summed E-state index contributed by atoms with van der Waals surface area (Å²) in [6, 6.07) is 31.0. The van der Waals surface area contributed by atoms with Crippen molar-refractivity contribution in [3.05, 3.63) is 131 Å². The molecule has 232 valence electrons. The molecule has 1 aliphatic rings. The predicted molar refractivity (Wildman–Crippen MR) is 175 cm³/mol. The predicted octanol–water partition coefficient (Wildman–Crippen LogP) is 7.19. The summed E-state index contributed by atoms with van der Waals surface area (Å²) in [6.45, 7) is 3.95. The summed E-state index contributed by atoms with van der Waals surface area (Å²) in [5.41, 5.74) is 4.70. The first-order valence-corrected chi connectivity index (χ1v) is 15.7. The SMILES string of the molecule is CN(CC(CCN1CCC(Nc2nc3ccccc3n2Cc2ccc(F)cc2)CC1)c1ccc(F)cc1)C(=O)c1ccccc1. The Morgan fingerprint density at radius 1 is 0.889 bits per heavy atom. The number of fused-ring (bicyclic) bond motifs is 1. The highest BCUT2D eigenvalue weighted by atomic mass is 19.1. The Kier molecular flexibility index (Phi) is 9.50. The second-order valence-electron chi connectivity index (χ2n) is 12.0. The summed E-state index contributed by atoms with van der Waals surface area (Å²) < 4.78 is 29.4. The zero-order chi connectivity index (χ0) is 31.2. The lowest BCUT2D eigenvalue weighted by Crippen LogP contribution is -2.40. The van der Waals surface area contributed by atoms with E-state index in [1.54, 1.807) is 4.90 Å². The second kappa shape index (κ2) is 14.0. The number of hydrogen-bond acceptors (Lipinski definition) is 4. The smallest absolute Gasteiger partial charge is 0.253 e. The van der Waals surface area contributed by atoms with Gasteiger partial charge in [-0.25, -0.2) is 13.8 Å². The van der Waals surface area contributed by atoms with E-state index < -0.39 is 0 Å². The van der Waals surface area contributed by atoms with Crippen LogP contribution in [0.25, 0.3) is 11.0 Å². The zero-order valence-corrected chi connectivity index (χ0v) is 25.6. The van der Waals surface area contributed by atoms with Gasteiger partial charge in [-0.2, -0.15) is 0 Å². The van der Waals surface area contributed by atoms with Gasteiger partial charge in [0.05, 0.1) is 17.6 Å². The van der Waals surface area contributed by atoms with Crippen molar-refractivity contribution in [3.63, 3.8) is 0 Å². The van der Waals surface area contributed by atoms with Crippen LogP contribution in [-0.4, -0.2) is 64.5 Å². The van der Waals surface area contributed by atoms with Crippen molar-refractivity contribution >= 4 is 22.9 Å². The Morgan fingerprint density at radius 2 is 1.53 bits per heavy atom. The van der Waals surface area contributed by atoms with E-state index in [2.05, 4.69) is 20.9 Å². The number of nitrogens with zero attached hydrogens (tertiary/aromatic N) is 4. The Labute approximate surface area is 263 Å². The molecular weight excluding hydrogens is 568 g/mol. The molecule has 4 aromatic carbocycles. The summed E-state index contributed by atoms with van der Waals surface area (Å²) in [5.74, 6) is 0.412. The number of hydrogen-bond donors (Lipinski definition) is 1. The normalized spacial score (nSPS) is 14.8. The van der Waals surface area contributed by atoms with E-state index in [9.17, 15) is 13.6 Å². The van der Waals surface area contributed by atoms with Gasteiger partial charge < -0.3 is 19.7 Å². The molecule has 0 spiro atoms. The molecule has 1 saturated heterocycles. The van der Waals surface area contributed by atoms with Crippen LogP contribution in [0.2, 0.25) is 0 Å². The van der Waals surface area contributed by atoms with Crippen LogP contribution in [0.15, 0.2) is 103 Å². The highest BCUT2D eigenvalue weighted by Crippen LogP contribution is 2.26. The number of rotatable bonds is 11. The molecule has 0 saturated carbocycles. The molecule has 0 radical (unpaired) electrons. The van der Waals surface area contributed by atoms with E-state index in [0.29, 0.717) is 18.7 Å². The van der Waals surface area contributed by atoms with Crippen LogP contribution >= 0.6 is 0 Å². The summed E-state index contributed by atoms with van der Waals surface area (Å²) in [6.07, 6.45) is 2.82. The van der Waals surface area contributed by atoms with Crippen molar-refractivity contribution in [1.29, 1.82) is 0 Å². The zero-order valence-electron chi connectivity index (χ0n) is 25.6. The fourth-order valence-electron chi connectivity index (χ4n) is 6.25. The van der Waals surface area contributed by atoms with Crippen molar-refractivity contribution in [2.45, 2.75) is 37.8 Å². The molecule has 6 nitrogen and oxygen atoms in total. The number of carbonyl (C=O) groups excluding carboxylic acids is 1. The van der Waals surface area contributed by atoms with Crippen LogP contribution in [0.1, 0.15) is 46.7 Å². The fraction of sp³-hybridized carbons (Fsp3) is 0.297. The quantitative estimate of drug-likeness (QED) is 0.173. The number of para-hydroxylation sites is 2. The standard InChI is InChI=1S/C37H39F2N5O/c1-42(36(45)29-7-3-2-4-8-29)26-30(28-13-17-32(39)18-14-28)19-22-43-23-20-33(21-24-43)40-37-41-34-9-5-6-10-35(34)44(37)25-27-11-15-31(38)16-12-27/h2-18,30,33H,19-26H2,1H3,(H,40,41). The first-order chi connectivity index (χ1) is 21.9. The summed E-state index contributed by atoms with van der Waals surface area (Å²) >= 11 is 0. The van der Waals surface area contributed by atoms with Crippen molar-refractivity contribution < 1.29 is 13.6 Å². The maximum Gasteiger partial charge on any atom is 0.253 e. The topological polar surface area (TPSA) is 53.4 Å². The van der Waals surface area contributed by atoms with E-state index in [-0.39, 0.29) is 29.5 Å². The summed E-state index contributed by atoms with van der Waals surface area (Å²) in [4.78, 5) is 22.2. The minimum atomic E-state index is -0.257. The van der Waals surface area contributed by atoms with Crippen LogP contribution in [-0.2, 0) is 6.54 Å². The van der Waals surface area contributed by atoms with Crippen LogP contribution in [0, 0.1) is 11.6 Å². The van der Waals surface area contributed by atoms with Gasteiger partial charge in [0.1, 0.15) is 11.6 Å². The van der Waals surface area contributed by atoms with E-state index in [4.69, 9.17) is 4.98 Å². The molecule has 1 fully saturated rings. The van der Waals surface area contributed by atoms with E-state index in [1.807, 2.05) is 79.8 Å². The highest BCUT2D eigenvalue weighted by Gasteiger charge is 2.24. The van der Waals surface area contributed by atoms with Crippen molar-refractivity contribution in [1.82, 2.24) is 19.4 Å². The average Bonchev–Trinajstić information content (AvgIpc) is 3.41. The number of imidazole rings is 1. The highest BCUT2D eigenvalue weighted by molar-refractivity contribution is 5.94. The fourth-order valence-corrected chi connectivity index (χ4v) is 6.25. The average molecular weight is 608 g/mol. The molecular formula is C37H39F2N5O. The van der Waals surface area contributed by atoms with Crippen molar-refractivity contribution in [2.75, 3.05) is 38.5 Å². The van der Waals surface area contributed by atoms with E-state index >= 15 is 0 Å². The van der Waals surface area contributed by atoms with Crippen molar-refractivity contribution in [3.8, 4) is 0 Å². The van der Waals surface area contributed by atoms with Crippen LogP contribution in [0.3, 0.4) is 0 Å². The van der Waals surface area contributed by atoms with Gasteiger partial charge in [0.25, 0.3) is 5.91 Å². The lowest BCUT2D eigenvalue weighted by molar-refractivity contribution is 0.0782. The molecule has 1 aliphatic heterocycles. The van der Waals surface area contributed by atoms with Crippen molar-refractivity contribution in [2.24, 2.45) is 0 Å². The molecule has 45 heavy (non-hydrogen) atoms. The lowest BCUT2D eigenvalue weighted by atomic mass is 9.94. The second-order valence-corrected chi connectivity index (χ2v) is 12.0. The van der Waals surface area contributed by atoms with Gasteiger partial charge in [-0.3, -0.25) is 4.79 Å². The minimum absolute atomic E-state index is 0.0138. The first kappa shape index (κ1) is 30.5. The Bertz CT molecular complexity index is 1700. The number of nitrogens with one attached hydrogen (secondary N) is 1. The number of amides is 1. The van der Waals surface area contributed by atoms with Gasteiger partial charge >= 0.3 is 0 Å². The van der Waals surface area contributed by atoms with Gasteiger partial charge in [-0.1, -0.05) is 54.6 Å². The number of carbonyl (C=O) groups is 1. The summed E-state index contributed by atoms with van der Waals surface area (Å²) in [5, 5.41) is 3.71.